The first-order valence-electron chi connectivity index (χ1n) is 5.30. The van der Waals surface area contributed by atoms with Crippen LogP contribution in [-0.2, 0) is 0 Å². The fourth-order valence-corrected chi connectivity index (χ4v) is 3.42. The van der Waals surface area contributed by atoms with Crippen LogP contribution in [0.25, 0.3) is 10.2 Å². The normalized spacial score (nSPS) is 10.8. The van der Waals surface area contributed by atoms with Crippen LogP contribution >= 0.6 is 43.2 Å². The highest BCUT2D eigenvalue weighted by Gasteiger charge is 2.09. The Kier molecular flexibility index (Phi) is 3.37. The fraction of sp³-hybridized carbons (Fsp3) is 0. The van der Waals surface area contributed by atoms with Crippen LogP contribution < -0.4 is 5.32 Å². The van der Waals surface area contributed by atoms with E-state index in [0.29, 0.717) is 0 Å². The summed E-state index contributed by atoms with van der Waals surface area (Å²) in [6, 6.07) is 14.1. The van der Waals surface area contributed by atoms with Gasteiger partial charge in [0.15, 0.2) is 5.13 Å². The molecule has 0 saturated heterocycles. The second-order valence-corrected chi connectivity index (χ2v) is 6.40. The summed E-state index contributed by atoms with van der Waals surface area (Å²) in [6.07, 6.45) is 0. The average molecular weight is 384 g/mol. The molecule has 18 heavy (non-hydrogen) atoms. The maximum Gasteiger partial charge on any atom is 0.188 e. The third kappa shape index (κ3) is 2.30. The first kappa shape index (κ1) is 12.1. The SMILES string of the molecule is Brc1ccc2sc(Nc3ccccc3)nc2c1Br. The van der Waals surface area contributed by atoms with Gasteiger partial charge in [-0.2, -0.15) is 0 Å². The lowest BCUT2D eigenvalue weighted by atomic mass is 10.3. The highest BCUT2D eigenvalue weighted by molar-refractivity contribution is 9.13. The molecule has 0 aliphatic carbocycles. The lowest BCUT2D eigenvalue weighted by molar-refractivity contribution is 1.43. The Morgan fingerprint density at radius 1 is 1.00 bits per heavy atom. The van der Waals surface area contributed by atoms with E-state index in [0.717, 1.165) is 30.0 Å². The summed E-state index contributed by atoms with van der Waals surface area (Å²) in [7, 11) is 0. The summed E-state index contributed by atoms with van der Waals surface area (Å²) in [6.45, 7) is 0. The number of benzene rings is 2. The van der Waals surface area contributed by atoms with Gasteiger partial charge < -0.3 is 5.32 Å². The smallest absolute Gasteiger partial charge is 0.188 e. The quantitative estimate of drug-likeness (QED) is 0.626. The molecule has 1 aromatic heterocycles. The minimum absolute atomic E-state index is 0.898. The number of anilines is 2. The molecule has 90 valence electrons. The van der Waals surface area contributed by atoms with Crippen LogP contribution in [-0.4, -0.2) is 4.98 Å². The van der Waals surface area contributed by atoms with Crippen molar-refractivity contribution in [3.63, 3.8) is 0 Å². The summed E-state index contributed by atoms with van der Waals surface area (Å²) in [5.41, 5.74) is 2.03. The third-order valence-electron chi connectivity index (χ3n) is 2.48. The average Bonchev–Trinajstić information content (AvgIpc) is 2.79. The van der Waals surface area contributed by atoms with Crippen molar-refractivity contribution < 1.29 is 0 Å². The van der Waals surface area contributed by atoms with Crippen LogP contribution in [0.2, 0.25) is 0 Å². The van der Waals surface area contributed by atoms with Crippen LogP contribution in [0, 0.1) is 0 Å². The summed E-state index contributed by atoms with van der Waals surface area (Å²) in [5, 5.41) is 4.21. The Hall–Kier alpha value is -0.910. The van der Waals surface area contributed by atoms with Crippen molar-refractivity contribution >= 4 is 64.2 Å². The molecule has 0 atom stereocenters. The topological polar surface area (TPSA) is 24.9 Å². The lowest BCUT2D eigenvalue weighted by Gasteiger charge is -2.00. The van der Waals surface area contributed by atoms with Gasteiger partial charge in [0.05, 0.1) is 14.7 Å². The number of thiazole rings is 1. The Morgan fingerprint density at radius 3 is 2.56 bits per heavy atom. The second kappa shape index (κ2) is 4.99. The number of nitrogens with zero attached hydrogens (tertiary/aromatic N) is 1. The number of fused-ring (bicyclic) bond motifs is 1. The molecule has 0 aliphatic rings. The second-order valence-electron chi connectivity index (χ2n) is 3.72. The molecule has 1 N–H and O–H groups in total. The largest absolute Gasteiger partial charge is 0.332 e. The van der Waals surface area contributed by atoms with Crippen molar-refractivity contribution in [2.24, 2.45) is 0 Å². The van der Waals surface area contributed by atoms with Gasteiger partial charge in [0.2, 0.25) is 0 Å². The number of para-hydroxylation sites is 1. The van der Waals surface area contributed by atoms with E-state index in [9.17, 15) is 0 Å². The number of rotatable bonds is 2. The highest BCUT2D eigenvalue weighted by atomic mass is 79.9. The van der Waals surface area contributed by atoms with Gasteiger partial charge in [0.25, 0.3) is 0 Å². The van der Waals surface area contributed by atoms with Gasteiger partial charge in [-0.25, -0.2) is 4.98 Å². The van der Waals surface area contributed by atoms with Gasteiger partial charge >= 0.3 is 0 Å². The Labute approximate surface area is 125 Å². The summed E-state index contributed by atoms with van der Waals surface area (Å²) >= 11 is 8.68. The van der Waals surface area contributed by atoms with Crippen LogP contribution in [0.5, 0.6) is 0 Å². The van der Waals surface area contributed by atoms with Crippen molar-refractivity contribution in [1.29, 1.82) is 0 Å². The lowest BCUT2D eigenvalue weighted by Crippen LogP contribution is -1.87. The molecule has 0 radical (unpaired) electrons. The molecule has 3 aromatic rings. The van der Waals surface area contributed by atoms with Gasteiger partial charge in [-0.1, -0.05) is 29.5 Å². The van der Waals surface area contributed by atoms with Crippen molar-refractivity contribution in [2.75, 3.05) is 5.32 Å². The molecule has 0 saturated carbocycles. The number of aromatic nitrogens is 1. The highest BCUT2D eigenvalue weighted by Crippen LogP contribution is 2.36. The van der Waals surface area contributed by atoms with E-state index in [1.165, 1.54) is 0 Å². The van der Waals surface area contributed by atoms with Crippen molar-refractivity contribution in [3.05, 3.63) is 51.4 Å². The molecule has 0 amide bonds. The number of hydrogen-bond donors (Lipinski definition) is 1. The maximum absolute atomic E-state index is 4.60. The summed E-state index contributed by atoms with van der Waals surface area (Å²) in [4.78, 5) is 4.60. The van der Waals surface area contributed by atoms with E-state index in [1.54, 1.807) is 11.3 Å². The predicted octanol–water partition coefficient (Wildman–Crippen LogP) is 5.56. The van der Waals surface area contributed by atoms with E-state index < -0.39 is 0 Å². The monoisotopic (exact) mass is 382 g/mol. The first-order chi connectivity index (χ1) is 8.74. The van der Waals surface area contributed by atoms with Crippen LogP contribution in [0.15, 0.2) is 51.4 Å². The summed E-state index contributed by atoms with van der Waals surface area (Å²) < 4.78 is 3.17. The number of nitrogens with one attached hydrogen (secondary N) is 1. The molecular weight excluding hydrogens is 376 g/mol. The van der Waals surface area contributed by atoms with Gasteiger partial charge in [-0.15, -0.1) is 0 Å². The molecular formula is C13H8Br2N2S. The first-order valence-corrected chi connectivity index (χ1v) is 7.71. The Balaban J connectivity index is 2.02. The molecule has 2 nitrogen and oxygen atoms in total. The zero-order valence-corrected chi connectivity index (χ0v) is 13.1. The van der Waals surface area contributed by atoms with Gasteiger partial charge in [0, 0.05) is 10.2 Å². The standard InChI is InChI=1S/C13H8Br2N2S/c14-9-6-7-10-12(11(9)15)17-13(18-10)16-8-4-2-1-3-5-8/h1-7H,(H,16,17). The van der Waals surface area contributed by atoms with Crippen LogP contribution in [0.1, 0.15) is 0 Å². The Bertz CT molecular complexity index is 695. The molecule has 0 spiro atoms. The molecule has 1 heterocycles. The zero-order valence-electron chi connectivity index (χ0n) is 9.15. The molecule has 3 rings (SSSR count). The summed E-state index contributed by atoms with van der Waals surface area (Å²) in [5.74, 6) is 0. The molecule has 0 fully saturated rings. The van der Waals surface area contributed by atoms with E-state index in [2.05, 4.69) is 48.2 Å². The Morgan fingerprint density at radius 2 is 1.78 bits per heavy atom. The minimum atomic E-state index is 0.898. The molecule has 0 bridgehead atoms. The van der Waals surface area contributed by atoms with Crippen molar-refractivity contribution in [1.82, 2.24) is 4.98 Å². The van der Waals surface area contributed by atoms with Crippen LogP contribution in [0.4, 0.5) is 10.8 Å². The van der Waals surface area contributed by atoms with E-state index in [-0.39, 0.29) is 0 Å². The van der Waals surface area contributed by atoms with Crippen molar-refractivity contribution in [3.8, 4) is 0 Å². The zero-order chi connectivity index (χ0) is 12.5. The van der Waals surface area contributed by atoms with E-state index in [1.807, 2.05) is 36.4 Å². The maximum atomic E-state index is 4.60. The fourth-order valence-electron chi connectivity index (χ4n) is 1.64. The van der Waals surface area contributed by atoms with E-state index >= 15 is 0 Å². The van der Waals surface area contributed by atoms with Gasteiger partial charge in [-0.05, 0) is 56.1 Å². The number of halogens is 2. The minimum Gasteiger partial charge on any atom is -0.332 e. The van der Waals surface area contributed by atoms with Gasteiger partial charge in [0.1, 0.15) is 0 Å². The molecule has 0 aliphatic heterocycles. The van der Waals surface area contributed by atoms with Crippen molar-refractivity contribution in [2.45, 2.75) is 0 Å². The molecule has 0 unspecified atom stereocenters. The molecule has 5 heteroatoms. The molecule has 2 aromatic carbocycles. The van der Waals surface area contributed by atoms with Gasteiger partial charge in [-0.3, -0.25) is 0 Å². The predicted molar refractivity (Wildman–Crippen MR) is 84.7 cm³/mol. The van der Waals surface area contributed by atoms with E-state index in [4.69, 9.17) is 0 Å². The number of hydrogen-bond acceptors (Lipinski definition) is 3. The van der Waals surface area contributed by atoms with Crippen LogP contribution in [0.3, 0.4) is 0 Å². The third-order valence-corrected chi connectivity index (χ3v) is 5.41.